The van der Waals surface area contributed by atoms with Crippen LogP contribution in [0.1, 0.15) is 65.7 Å². The fourth-order valence-electron chi connectivity index (χ4n) is 4.13. The van der Waals surface area contributed by atoms with Gasteiger partial charge in [0.05, 0.1) is 6.10 Å². The van der Waals surface area contributed by atoms with E-state index < -0.39 is 0 Å². The molecule has 2 heteroatoms. The van der Waals surface area contributed by atoms with Crippen LogP contribution in [0.15, 0.2) is 24.3 Å². The van der Waals surface area contributed by atoms with Gasteiger partial charge in [0.25, 0.3) is 0 Å². The van der Waals surface area contributed by atoms with Crippen molar-refractivity contribution < 1.29 is 4.74 Å². The summed E-state index contributed by atoms with van der Waals surface area (Å²) in [5.74, 6) is 1.90. The van der Waals surface area contributed by atoms with Gasteiger partial charge in [-0.25, -0.2) is 0 Å². The van der Waals surface area contributed by atoms with Gasteiger partial charge in [0.1, 0.15) is 5.75 Å². The molecule has 1 saturated heterocycles. The molecule has 1 aromatic rings. The Morgan fingerprint density at radius 3 is 2.04 bits per heavy atom. The average Bonchev–Trinajstić information content (AvgIpc) is 2.56. The highest BCUT2D eigenvalue weighted by atomic mass is 16.5. The second kappa shape index (κ2) is 7.15. The molecule has 0 atom stereocenters. The Hall–Kier alpha value is -1.18. The smallest absolute Gasteiger partial charge is 0.119 e. The van der Waals surface area contributed by atoms with Gasteiger partial charge in [-0.1, -0.05) is 20.8 Å². The molecule has 1 heterocycles. The van der Waals surface area contributed by atoms with Gasteiger partial charge >= 0.3 is 0 Å². The molecular weight excluding hydrogens is 282 g/mol. The molecule has 0 amide bonds. The largest absolute Gasteiger partial charge is 0.490 e. The molecule has 1 aromatic carbocycles. The predicted molar refractivity (Wildman–Crippen MR) is 98.3 cm³/mol. The van der Waals surface area contributed by atoms with Crippen LogP contribution >= 0.6 is 0 Å². The normalized spacial score (nSPS) is 26.1. The zero-order valence-electron chi connectivity index (χ0n) is 15.2. The van der Waals surface area contributed by atoms with E-state index in [9.17, 15) is 0 Å². The summed E-state index contributed by atoms with van der Waals surface area (Å²) in [5, 5.41) is 0. The standard InChI is InChI=1S/C21H33NO/c1-21(2,3)17-7-11-19(12-8-17)23-20-13-9-18(10-14-20)22-15-5-4-6-16-22/h9-10,13-14,17,19H,4-8,11-12,15-16H2,1-3H3/t17-,19+. The van der Waals surface area contributed by atoms with Gasteiger partial charge in [-0.05, 0) is 80.5 Å². The van der Waals surface area contributed by atoms with E-state index in [1.807, 2.05) is 0 Å². The molecule has 1 saturated carbocycles. The molecule has 128 valence electrons. The first-order valence-electron chi connectivity index (χ1n) is 9.54. The van der Waals surface area contributed by atoms with E-state index in [4.69, 9.17) is 4.74 Å². The van der Waals surface area contributed by atoms with E-state index in [0.717, 1.165) is 11.7 Å². The fourth-order valence-corrected chi connectivity index (χ4v) is 4.13. The van der Waals surface area contributed by atoms with Gasteiger partial charge in [0.15, 0.2) is 0 Å². The van der Waals surface area contributed by atoms with Crippen molar-refractivity contribution in [1.29, 1.82) is 0 Å². The molecule has 0 radical (unpaired) electrons. The van der Waals surface area contributed by atoms with Crippen LogP contribution < -0.4 is 9.64 Å². The minimum atomic E-state index is 0.412. The summed E-state index contributed by atoms with van der Waals surface area (Å²) in [7, 11) is 0. The maximum atomic E-state index is 6.24. The summed E-state index contributed by atoms with van der Waals surface area (Å²) < 4.78 is 6.24. The van der Waals surface area contributed by atoms with Crippen LogP contribution in [0, 0.1) is 11.3 Å². The summed E-state index contributed by atoms with van der Waals surface area (Å²) >= 11 is 0. The maximum Gasteiger partial charge on any atom is 0.119 e. The quantitative estimate of drug-likeness (QED) is 0.713. The van der Waals surface area contributed by atoms with Crippen LogP contribution in [0.5, 0.6) is 5.75 Å². The number of benzene rings is 1. The molecule has 2 aliphatic rings. The van der Waals surface area contributed by atoms with Crippen molar-refractivity contribution >= 4 is 5.69 Å². The number of rotatable bonds is 3. The highest BCUT2D eigenvalue weighted by Gasteiger charge is 2.30. The first kappa shape index (κ1) is 16.7. The first-order chi connectivity index (χ1) is 11.0. The molecule has 0 spiro atoms. The fraction of sp³-hybridized carbons (Fsp3) is 0.714. The Balaban J connectivity index is 1.51. The van der Waals surface area contributed by atoms with Crippen molar-refractivity contribution in [1.82, 2.24) is 0 Å². The highest BCUT2D eigenvalue weighted by Crippen LogP contribution is 2.38. The van der Waals surface area contributed by atoms with Crippen molar-refractivity contribution in [2.45, 2.75) is 71.8 Å². The third-order valence-corrected chi connectivity index (χ3v) is 5.76. The second-order valence-corrected chi connectivity index (χ2v) is 8.50. The summed E-state index contributed by atoms with van der Waals surface area (Å²) in [6.07, 6.45) is 9.47. The van der Waals surface area contributed by atoms with Crippen LogP contribution in [0.25, 0.3) is 0 Å². The van der Waals surface area contributed by atoms with Crippen molar-refractivity contribution in [3.63, 3.8) is 0 Å². The third-order valence-electron chi connectivity index (χ3n) is 5.76. The lowest BCUT2D eigenvalue weighted by Crippen LogP contribution is -2.30. The molecule has 3 rings (SSSR count). The number of piperidine rings is 1. The Kier molecular flexibility index (Phi) is 5.18. The van der Waals surface area contributed by atoms with Crippen molar-refractivity contribution in [2.75, 3.05) is 18.0 Å². The minimum absolute atomic E-state index is 0.412. The molecule has 0 aromatic heterocycles. The lowest BCUT2D eigenvalue weighted by atomic mass is 9.72. The van der Waals surface area contributed by atoms with E-state index in [1.54, 1.807) is 0 Å². The number of hydrogen-bond acceptors (Lipinski definition) is 2. The van der Waals surface area contributed by atoms with E-state index >= 15 is 0 Å². The van der Waals surface area contributed by atoms with Crippen molar-refractivity contribution in [3.8, 4) is 5.75 Å². The Labute approximate surface area is 142 Å². The predicted octanol–water partition coefficient (Wildman–Crippen LogP) is 5.66. The third kappa shape index (κ3) is 4.43. The Morgan fingerprint density at radius 1 is 0.870 bits per heavy atom. The number of hydrogen-bond donors (Lipinski definition) is 0. The van der Waals surface area contributed by atoms with Gasteiger partial charge < -0.3 is 9.64 Å². The maximum absolute atomic E-state index is 6.24. The summed E-state index contributed by atoms with van der Waals surface area (Å²) in [6.45, 7) is 9.53. The Bertz CT molecular complexity index is 474. The number of anilines is 1. The first-order valence-corrected chi connectivity index (χ1v) is 9.54. The van der Waals surface area contributed by atoms with Gasteiger partial charge in [0, 0.05) is 18.8 Å². The second-order valence-electron chi connectivity index (χ2n) is 8.50. The van der Waals surface area contributed by atoms with E-state index in [0.29, 0.717) is 11.5 Å². The average molecular weight is 316 g/mol. The lowest BCUT2D eigenvalue weighted by molar-refractivity contribution is 0.0882. The SMILES string of the molecule is CC(C)(C)[C@H]1CC[C@@H](Oc2ccc(N3CCCCC3)cc2)CC1. The molecule has 0 bridgehead atoms. The summed E-state index contributed by atoms with van der Waals surface area (Å²) in [6, 6.07) is 8.81. The molecule has 1 aliphatic heterocycles. The van der Waals surface area contributed by atoms with E-state index in [2.05, 4.69) is 49.9 Å². The highest BCUT2D eigenvalue weighted by molar-refractivity contribution is 5.49. The van der Waals surface area contributed by atoms with Gasteiger partial charge in [-0.2, -0.15) is 0 Å². The van der Waals surface area contributed by atoms with Gasteiger partial charge in [0.2, 0.25) is 0 Å². The monoisotopic (exact) mass is 315 g/mol. The van der Waals surface area contributed by atoms with E-state index in [-0.39, 0.29) is 0 Å². The van der Waals surface area contributed by atoms with Crippen LogP contribution in [0.3, 0.4) is 0 Å². The molecular formula is C21H33NO. The molecule has 2 fully saturated rings. The number of ether oxygens (including phenoxy) is 1. The zero-order chi connectivity index (χ0) is 16.3. The topological polar surface area (TPSA) is 12.5 Å². The molecule has 0 unspecified atom stereocenters. The molecule has 23 heavy (non-hydrogen) atoms. The van der Waals surface area contributed by atoms with Crippen molar-refractivity contribution in [3.05, 3.63) is 24.3 Å². The molecule has 0 N–H and O–H groups in total. The molecule has 2 nitrogen and oxygen atoms in total. The van der Waals surface area contributed by atoms with Crippen LogP contribution in [0.4, 0.5) is 5.69 Å². The zero-order valence-corrected chi connectivity index (χ0v) is 15.2. The van der Waals surface area contributed by atoms with Crippen LogP contribution in [0.2, 0.25) is 0 Å². The van der Waals surface area contributed by atoms with Crippen LogP contribution in [-0.4, -0.2) is 19.2 Å². The lowest BCUT2D eigenvalue weighted by Gasteiger charge is -2.37. The molecule has 1 aliphatic carbocycles. The summed E-state index contributed by atoms with van der Waals surface area (Å²) in [5.41, 5.74) is 1.80. The van der Waals surface area contributed by atoms with Gasteiger partial charge in [-0.3, -0.25) is 0 Å². The van der Waals surface area contributed by atoms with Crippen molar-refractivity contribution in [2.24, 2.45) is 11.3 Å². The number of nitrogens with zero attached hydrogens (tertiary/aromatic N) is 1. The van der Waals surface area contributed by atoms with E-state index in [1.165, 1.54) is 63.7 Å². The Morgan fingerprint density at radius 2 is 1.48 bits per heavy atom. The summed E-state index contributed by atoms with van der Waals surface area (Å²) in [4.78, 5) is 2.50. The van der Waals surface area contributed by atoms with Gasteiger partial charge in [-0.15, -0.1) is 0 Å². The minimum Gasteiger partial charge on any atom is -0.490 e. The van der Waals surface area contributed by atoms with Crippen LogP contribution in [-0.2, 0) is 0 Å².